The van der Waals surface area contributed by atoms with Gasteiger partial charge in [-0.05, 0) is 13.8 Å². The first-order valence-electron chi connectivity index (χ1n) is 9.35. The van der Waals surface area contributed by atoms with Crippen LogP contribution in [-0.2, 0) is 0 Å². The maximum atomic E-state index is 2.66. The van der Waals surface area contributed by atoms with Crippen LogP contribution in [0.5, 0.6) is 0 Å². The lowest BCUT2D eigenvalue weighted by Crippen LogP contribution is -2.48. The van der Waals surface area contributed by atoms with Gasteiger partial charge >= 0.3 is 0 Å². The van der Waals surface area contributed by atoms with Crippen LogP contribution in [0.4, 0.5) is 0 Å². The SMILES string of the molecule is Cc1ccccc1B(C=C([Si](C)(C)C)[Si](C)(C)C)c1ccccc1C. The molecule has 0 unspecified atom stereocenters. The molecule has 2 rings (SSSR count). The predicted octanol–water partition coefficient (Wildman–Crippen LogP) is 5.13. The standard InChI is InChI=1S/C22H33BSi2/c1-18-13-9-11-15-20(18)23(21-16-12-10-14-19(21)2)17-22(24(3,4)5)25(6,7)8/h9-17H,1-8H3. The molecular formula is C22H33BSi2. The minimum Gasteiger partial charge on any atom is -0.114 e. The minimum atomic E-state index is -1.36. The van der Waals surface area contributed by atoms with Gasteiger partial charge < -0.3 is 0 Å². The van der Waals surface area contributed by atoms with Gasteiger partial charge in [-0.15, -0.1) is 10.8 Å². The van der Waals surface area contributed by atoms with Gasteiger partial charge in [-0.25, -0.2) is 0 Å². The second-order valence-corrected chi connectivity index (χ2v) is 19.8. The van der Waals surface area contributed by atoms with E-state index in [4.69, 9.17) is 0 Å². The molecule has 0 radical (unpaired) electrons. The van der Waals surface area contributed by atoms with Gasteiger partial charge in [-0.2, -0.15) is 0 Å². The molecule has 0 aromatic heterocycles. The largest absolute Gasteiger partial charge is 0.233 e. The fraction of sp³-hybridized carbons (Fsp3) is 0.364. The van der Waals surface area contributed by atoms with E-state index in [9.17, 15) is 0 Å². The molecule has 0 bridgehead atoms. The third-order valence-corrected chi connectivity index (χ3v) is 13.1. The molecule has 0 fully saturated rings. The van der Waals surface area contributed by atoms with Crippen molar-refractivity contribution in [3.63, 3.8) is 0 Å². The average molecular weight is 364 g/mol. The van der Waals surface area contributed by atoms with E-state index in [0.717, 1.165) is 0 Å². The van der Waals surface area contributed by atoms with Crippen molar-refractivity contribution < 1.29 is 0 Å². The highest BCUT2D eigenvalue weighted by atomic mass is 28.4. The van der Waals surface area contributed by atoms with Crippen molar-refractivity contribution in [3.05, 3.63) is 70.5 Å². The molecule has 132 valence electrons. The Morgan fingerprint density at radius 2 is 1.04 bits per heavy atom. The third-order valence-electron chi connectivity index (χ3n) is 5.00. The number of rotatable bonds is 5. The summed E-state index contributed by atoms with van der Waals surface area (Å²) in [5.41, 5.74) is 5.67. The summed E-state index contributed by atoms with van der Waals surface area (Å²) >= 11 is 0. The lowest BCUT2D eigenvalue weighted by Gasteiger charge is -2.33. The first-order chi connectivity index (χ1) is 11.5. The number of hydrogen-bond donors (Lipinski definition) is 0. The third kappa shape index (κ3) is 4.86. The molecule has 0 saturated carbocycles. The summed E-state index contributed by atoms with van der Waals surface area (Å²) in [7, 11) is -2.73. The smallest absolute Gasteiger partial charge is 0.114 e. The number of hydrogen-bond acceptors (Lipinski definition) is 0. The summed E-state index contributed by atoms with van der Waals surface area (Å²) in [6, 6.07) is 17.8. The molecule has 0 atom stereocenters. The normalized spacial score (nSPS) is 12.0. The van der Waals surface area contributed by atoms with Crippen molar-refractivity contribution in [1.82, 2.24) is 0 Å². The van der Waals surface area contributed by atoms with Crippen LogP contribution in [0, 0.1) is 13.8 Å². The Morgan fingerprint density at radius 1 is 0.680 bits per heavy atom. The molecule has 2 aromatic rings. The summed E-state index contributed by atoms with van der Waals surface area (Å²) in [5.74, 6) is 2.66. The summed E-state index contributed by atoms with van der Waals surface area (Å²) < 4.78 is 0. The van der Waals surface area contributed by atoms with E-state index in [1.165, 1.54) is 22.1 Å². The van der Waals surface area contributed by atoms with Crippen LogP contribution < -0.4 is 10.9 Å². The van der Waals surface area contributed by atoms with Crippen LogP contribution in [-0.4, -0.2) is 22.9 Å². The Morgan fingerprint density at radius 3 is 1.36 bits per heavy atom. The molecule has 2 aromatic carbocycles. The Bertz CT molecular complexity index is 703. The molecule has 25 heavy (non-hydrogen) atoms. The molecule has 0 N–H and O–H groups in total. The zero-order valence-corrected chi connectivity index (χ0v) is 19.3. The van der Waals surface area contributed by atoms with Gasteiger partial charge in [-0.1, -0.05) is 110 Å². The van der Waals surface area contributed by atoms with Crippen LogP contribution in [0.15, 0.2) is 59.3 Å². The van der Waals surface area contributed by atoms with E-state index in [0.29, 0.717) is 6.71 Å². The predicted molar refractivity (Wildman–Crippen MR) is 122 cm³/mol. The zero-order valence-electron chi connectivity index (χ0n) is 17.3. The topological polar surface area (TPSA) is 0 Å². The van der Waals surface area contributed by atoms with Crippen molar-refractivity contribution in [2.45, 2.75) is 53.1 Å². The van der Waals surface area contributed by atoms with Gasteiger partial charge in [0.2, 0.25) is 6.71 Å². The van der Waals surface area contributed by atoms with Crippen molar-refractivity contribution >= 4 is 33.8 Å². The van der Waals surface area contributed by atoms with Gasteiger partial charge in [0, 0.05) is 0 Å². The van der Waals surface area contributed by atoms with E-state index >= 15 is 0 Å². The van der Waals surface area contributed by atoms with E-state index in [1.54, 1.807) is 4.82 Å². The quantitative estimate of drug-likeness (QED) is 0.645. The van der Waals surface area contributed by atoms with Crippen molar-refractivity contribution in [3.8, 4) is 0 Å². The Kier molecular flexibility index (Phi) is 6.00. The maximum Gasteiger partial charge on any atom is 0.233 e. The van der Waals surface area contributed by atoms with Gasteiger partial charge in [0.1, 0.15) is 0 Å². The molecule has 0 aliphatic rings. The van der Waals surface area contributed by atoms with Crippen LogP contribution in [0.2, 0.25) is 39.3 Å². The summed E-state index contributed by atoms with van der Waals surface area (Å²) in [5, 5.41) is 0. The van der Waals surface area contributed by atoms with Crippen LogP contribution in [0.3, 0.4) is 0 Å². The van der Waals surface area contributed by atoms with Crippen molar-refractivity contribution in [2.24, 2.45) is 0 Å². The van der Waals surface area contributed by atoms with Crippen LogP contribution in [0.25, 0.3) is 0 Å². The van der Waals surface area contributed by atoms with Crippen molar-refractivity contribution in [1.29, 1.82) is 0 Å². The molecule has 0 saturated heterocycles. The highest BCUT2D eigenvalue weighted by Gasteiger charge is 2.33. The van der Waals surface area contributed by atoms with E-state index in [2.05, 4.69) is 108 Å². The highest BCUT2D eigenvalue weighted by molar-refractivity contribution is 7.06. The number of aryl methyl sites for hydroxylation is 2. The first kappa shape index (κ1) is 20.0. The monoisotopic (exact) mass is 364 g/mol. The van der Waals surface area contributed by atoms with Gasteiger partial charge in [0.25, 0.3) is 0 Å². The molecule has 0 amide bonds. The molecule has 0 spiro atoms. The summed E-state index contributed by atoms with van der Waals surface area (Å²) in [6.07, 6.45) is 0. The Balaban J connectivity index is 2.74. The van der Waals surface area contributed by atoms with E-state index in [-0.39, 0.29) is 0 Å². The highest BCUT2D eigenvalue weighted by Crippen LogP contribution is 2.26. The zero-order chi connectivity index (χ0) is 18.8. The molecule has 0 heterocycles. The molecular weight excluding hydrogens is 331 g/mol. The molecule has 0 nitrogen and oxygen atoms in total. The summed E-state index contributed by atoms with van der Waals surface area (Å²) in [6.45, 7) is 19.9. The molecule has 0 aliphatic heterocycles. The Hall–Kier alpha value is -1.32. The van der Waals surface area contributed by atoms with Gasteiger partial charge in [0.15, 0.2) is 0 Å². The fourth-order valence-electron chi connectivity index (χ4n) is 4.01. The minimum absolute atomic E-state index is 0.357. The molecule has 3 heteroatoms. The fourth-order valence-corrected chi connectivity index (χ4v) is 14.3. The van der Waals surface area contributed by atoms with Gasteiger partial charge in [-0.3, -0.25) is 0 Å². The first-order valence-corrected chi connectivity index (χ1v) is 16.4. The van der Waals surface area contributed by atoms with E-state index < -0.39 is 16.1 Å². The van der Waals surface area contributed by atoms with Crippen molar-refractivity contribution in [2.75, 3.05) is 0 Å². The second-order valence-electron chi connectivity index (χ2n) is 9.27. The summed E-state index contributed by atoms with van der Waals surface area (Å²) in [4.78, 5) is 1.79. The lowest BCUT2D eigenvalue weighted by molar-refractivity contribution is 1.49. The maximum absolute atomic E-state index is 2.66. The lowest BCUT2D eigenvalue weighted by atomic mass is 9.39. The number of benzene rings is 2. The van der Waals surface area contributed by atoms with Crippen LogP contribution >= 0.6 is 0 Å². The average Bonchev–Trinajstić information content (AvgIpc) is 2.48. The Labute approximate surface area is 157 Å². The van der Waals surface area contributed by atoms with E-state index in [1.807, 2.05) is 0 Å². The van der Waals surface area contributed by atoms with Gasteiger partial charge in [0.05, 0.1) is 16.1 Å². The van der Waals surface area contributed by atoms with Crippen LogP contribution in [0.1, 0.15) is 11.1 Å². The molecule has 0 aliphatic carbocycles. The second kappa shape index (κ2) is 7.51.